The van der Waals surface area contributed by atoms with E-state index < -0.39 is 0 Å². The lowest BCUT2D eigenvalue weighted by Crippen LogP contribution is -2.32. The number of hydrogen-bond acceptors (Lipinski definition) is 5. The third-order valence-electron chi connectivity index (χ3n) is 4.52. The summed E-state index contributed by atoms with van der Waals surface area (Å²) in [5, 5.41) is 7.60. The molecule has 2 aromatic heterocycles. The molecule has 3 aromatic rings. The quantitative estimate of drug-likeness (QED) is 0.709. The smallest absolute Gasteiger partial charge is 0.257 e. The number of hydrogen-bond donors (Lipinski definition) is 2. The summed E-state index contributed by atoms with van der Waals surface area (Å²) in [7, 11) is 0. The molecule has 2 heterocycles. The van der Waals surface area contributed by atoms with Gasteiger partial charge in [0.1, 0.15) is 0 Å². The van der Waals surface area contributed by atoms with Crippen LogP contribution in [0.4, 0.5) is 0 Å². The molecule has 6 nitrogen and oxygen atoms in total. The highest BCUT2D eigenvalue weighted by atomic mass is 16.5. The third-order valence-corrected chi connectivity index (χ3v) is 4.52. The molecule has 0 aliphatic rings. The summed E-state index contributed by atoms with van der Waals surface area (Å²) in [5.41, 5.74) is 10.2. The summed E-state index contributed by atoms with van der Waals surface area (Å²) in [5.74, 6) is 0.268. The van der Waals surface area contributed by atoms with Crippen LogP contribution in [0.3, 0.4) is 0 Å². The fourth-order valence-corrected chi connectivity index (χ4v) is 2.81. The van der Waals surface area contributed by atoms with Crippen LogP contribution in [0.1, 0.15) is 59.9 Å². The standard InChI is InChI=1S/C20H24N4O2/c1-4-18-16-9-15(10-23-20(16)26-24-18)19(25)22-11-17(21)14-7-5-13(6-8-14)12(2)3/h5-10,12,17H,4,11,21H2,1-3H3,(H,22,25). The first-order valence-corrected chi connectivity index (χ1v) is 8.87. The van der Waals surface area contributed by atoms with E-state index in [0.29, 0.717) is 23.7 Å². The zero-order valence-corrected chi connectivity index (χ0v) is 15.3. The van der Waals surface area contributed by atoms with Crippen LogP contribution in [0, 0.1) is 0 Å². The molecule has 0 bridgehead atoms. The molecule has 0 aliphatic carbocycles. The molecule has 3 N–H and O–H groups in total. The number of pyridine rings is 1. The van der Waals surface area contributed by atoms with E-state index in [0.717, 1.165) is 23.1 Å². The molecule has 136 valence electrons. The zero-order valence-electron chi connectivity index (χ0n) is 15.3. The molecule has 0 aliphatic heterocycles. The molecule has 1 amide bonds. The summed E-state index contributed by atoms with van der Waals surface area (Å²) in [6.07, 6.45) is 2.21. The van der Waals surface area contributed by atoms with Crippen molar-refractivity contribution in [3.05, 3.63) is 58.9 Å². The Labute approximate surface area is 152 Å². The van der Waals surface area contributed by atoms with Crippen LogP contribution < -0.4 is 11.1 Å². The van der Waals surface area contributed by atoms with Gasteiger partial charge in [-0.05, 0) is 29.5 Å². The number of fused-ring (bicyclic) bond motifs is 1. The summed E-state index contributed by atoms with van der Waals surface area (Å²) < 4.78 is 5.14. The predicted molar refractivity (Wildman–Crippen MR) is 101 cm³/mol. The van der Waals surface area contributed by atoms with Gasteiger partial charge in [0.2, 0.25) is 0 Å². The topological polar surface area (TPSA) is 94.0 Å². The van der Waals surface area contributed by atoms with Gasteiger partial charge >= 0.3 is 0 Å². The van der Waals surface area contributed by atoms with Crippen molar-refractivity contribution in [1.82, 2.24) is 15.5 Å². The Hall–Kier alpha value is -2.73. The van der Waals surface area contributed by atoms with Gasteiger partial charge in [0.25, 0.3) is 11.6 Å². The van der Waals surface area contributed by atoms with Gasteiger partial charge in [-0.2, -0.15) is 0 Å². The van der Waals surface area contributed by atoms with E-state index in [2.05, 4.69) is 41.4 Å². The van der Waals surface area contributed by atoms with Crippen LogP contribution in [0.25, 0.3) is 11.1 Å². The first-order valence-electron chi connectivity index (χ1n) is 8.87. The highest BCUT2D eigenvalue weighted by Crippen LogP contribution is 2.19. The molecule has 0 saturated carbocycles. The summed E-state index contributed by atoms with van der Waals surface area (Å²) in [4.78, 5) is 16.6. The lowest BCUT2D eigenvalue weighted by atomic mass is 9.99. The number of nitrogens with two attached hydrogens (primary N) is 1. The van der Waals surface area contributed by atoms with Gasteiger partial charge < -0.3 is 15.6 Å². The van der Waals surface area contributed by atoms with Crippen molar-refractivity contribution < 1.29 is 9.32 Å². The number of carbonyl (C=O) groups is 1. The second kappa shape index (κ2) is 7.66. The average molecular weight is 352 g/mol. The van der Waals surface area contributed by atoms with E-state index in [4.69, 9.17) is 10.3 Å². The van der Waals surface area contributed by atoms with Crippen molar-refractivity contribution in [2.45, 2.75) is 39.2 Å². The molecule has 26 heavy (non-hydrogen) atoms. The van der Waals surface area contributed by atoms with Crippen molar-refractivity contribution in [2.75, 3.05) is 6.54 Å². The van der Waals surface area contributed by atoms with E-state index in [1.807, 2.05) is 19.1 Å². The Morgan fingerprint density at radius 1 is 1.23 bits per heavy atom. The number of nitrogens with zero attached hydrogens (tertiary/aromatic N) is 2. The van der Waals surface area contributed by atoms with E-state index in [1.165, 1.54) is 11.8 Å². The molecule has 0 fully saturated rings. The Balaban J connectivity index is 1.66. The van der Waals surface area contributed by atoms with Gasteiger partial charge in [0, 0.05) is 18.8 Å². The average Bonchev–Trinajstić information content (AvgIpc) is 3.08. The summed E-state index contributed by atoms with van der Waals surface area (Å²) in [6.45, 7) is 6.63. The van der Waals surface area contributed by atoms with Crippen LogP contribution >= 0.6 is 0 Å². The molecular weight excluding hydrogens is 328 g/mol. The minimum atomic E-state index is -0.265. The lowest BCUT2D eigenvalue weighted by Gasteiger charge is -2.14. The fourth-order valence-electron chi connectivity index (χ4n) is 2.81. The maximum Gasteiger partial charge on any atom is 0.257 e. The Bertz CT molecular complexity index is 900. The number of rotatable bonds is 6. The second-order valence-electron chi connectivity index (χ2n) is 6.70. The predicted octanol–water partition coefficient (Wildman–Crippen LogP) is 3.34. The monoisotopic (exact) mass is 352 g/mol. The van der Waals surface area contributed by atoms with Gasteiger partial charge in [0.05, 0.1) is 16.6 Å². The number of carbonyl (C=O) groups excluding carboxylic acids is 1. The second-order valence-corrected chi connectivity index (χ2v) is 6.70. The Morgan fingerprint density at radius 3 is 2.58 bits per heavy atom. The first-order chi connectivity index (χ1) is 12.5. The largest absolute Gasteiger partial charge is 0.350 e. The molecule has 0 radical (unpaired) electrons. The molecule has 0 spiro atoms. The highest BCUT2D eigenvalue weighted by Gasteiger charge is 2.14. The molecule has 3 rings (SSSR count). The van der Waals surface area contributed by atoms with Crippen molar-refractivity contribution in [3.8, 4) is 0 Å². The fraction of sp³-hybridized carbons (Fsp3) is 0.350. The van der Waals surface area contributed by atoms with Crippen molar-refractivity contribution in [2.24, 2.45) is 5.73 Å². The van der Waals surface area contributed by atoms with Crippen LogP contribution in [0.5, 0.6) is 0 Å². The summed E-state index contributed by atoms with van der Waals surface area (Å²) in [6, 6.07) is 9.69. The molecular formula is C20H24N4O2. The van der Waals surface area contributed by atoms with Gasteiger partial charge in [-0.15, -0.1) is 0 Å². The summed E-state index contributed by atoms with van der Waals surface area (Å²) >= 11 is 0. The Morgan fingerprint density at radius 2 is 1.92 bits per heavy atom. The molecule has 1 unspecified atom stereocenters. The van der Waals surface area contributed by atoms with Crippen molar-refractivity contribution in [1.29, 1.82) is 0 Å². The maximum atomic E-state index is 12.4. The van der Waals surface area contributed by atoms with Crippen LogP contribution in [-0.2, 0) is 6.42 Å². The molecule has 6 heteroatoms. The lowest BCUT2D eigenvalue weighted by molar-refractivity contribution is 0.0951. The number of benzene rings is 1. The minimum Gasteiger partial charge on any atom is -0.350 e. The van der Waals surface area contributed by atoms with Crippen LogP contribution in [-0.4, -0.2) is 22.6 Å². The van der Waals surface area contributed by atoms with E-state index in [-0.39, 0.29) is 11.9 Å². The van der Waals surface area contributed by atoms with Crippen molar-refractivity contribution >= 4 is 17.0 Å². The highest BCUT2D eigenvalue weighted by molar-refractivity contribution is 5.97. The SMILES string of the molecule is CCc1noc2ncc(C(=O)NCC(N)c3ccc(C(C)C)cc3)cc12. The number of amides is 1. The molecule has 1 aromatic carbocycles. The van der Waals surface area contributed by atoms with Gasteiger partial charge in [0.15, 0.2) is 0 Å². The first kappa shape index (κ1) is 18.1. The molecule has 0 saturated heterocycles. The maximum absolute atomic E-state index is 12.4. The van der Waals surface area contributed by atoms with E-state index in [1.54, 1.807) is 6.07 Å². The molecule has 1 atom stereocenters. The number of aryl methyl sites for hydroxylation is 1. The Kier molecular flexibility index (Phi) is 5.32. The van der Waals surface area contributed by atoms with E-state index in [9.17, 15) is 4.79 Å². The zero-order chi connectivity index (χ0) is 18.7. The third kappa shape index (κ3) is 3.75. The van der Waals surface area contributed by atoms with Gasteiger partial charge in [-0.25, -0.2) is 4.98 Å². The van der Waals surface area contributed by atoms with Crippen LogP contribution in [0.15, 0.2) is 41.1 Å². The number of aromatic nitrogens is 2. The van der Waals surface area contributed by atoms with Gasteiger partial charge in [-0.1, -0.05) is 50.2 Å². The normalized spacial score (nSPS) is 12.5. The van der Waals surface area contributed by atoms with Gasteiger partial charge in [-0.3, -0.25) is 4.79 Å². The number of nitrogens with one attached hydrogen (secondary N) is 1. The minimum absolute atomic E-state index is 0.211. The van der Waals surface area contributed by atoms with Crippen molar-refractivity contribution in [3.63, 3.8) is 0 Å². The van der Waals surface area contributed by atoms with Crippen LogP contribution in [0.2, 0.25) is 0 Å². The van der Waals surface area contributed by atoms with E-state index >= 15 is 0 Å².